The van der Waals surface area contributed by atoms with Gasteiger partial charge in [0.1, 0.15) is 0 Å². The summed E-state index contributed by atoms with van der Waals surface area (Å²) in [7, 11) is 1.24. The minimum Gasteiger partial charge on any atom is -0.465 e. The molecular formula is C17H22N4O4S. The van der Waals surface area contributed by atoms with Crippen molar-refractivity contribution in [2.75, 3.05) is 19.4 Å². The molecule has 0 fully saturated rings. The number of amides is 1. The molecule has 0 aliphatic heterocycles. The zero-order chi connectivity index (χ0) is 19.1. The van der Waals surface area contributed by atoms with Gasteiger partial charge in [-0.1, -0.05) is 31.5 Å². The van der Waals surface area contributed by atoms with E-state index in [1.807, 2.05) is 0 Å². The van der Waals surface area contributed by atoms with Crippen LogP contribution in [0.1, 0.15) is 42.2 Å². The number of fused-ring (bicyclic) bond motifs is 1. The van der Waals surface area contributed by atoms with E-state index in [0.29, 0.717) is 12.2 Å². The molecule has 0 spiro atoms. The summed E-state index contributed by atoms with van der Waals surface area (Å²) in [6, 6.07) is 1.49. The van der Waals surface area contributed by atoms with Crippen molar-refractivity contribution in [3.63, 3.8) is 0 Å². The van der Waals surface area contributed by atoms with Gasteiger partial charge in [-0.2, -0.15) is 0 Å². The monoisotopic (exact) mass is 378 g/mol. The Morgan fingerprint density at radius 3 is 2.77 bits per heavy atom. The molecule has 0 bridgehead atoms. The van der Waals surface area contributed by atoms with Crippen molar-refractivity contribution < 1.29 is 14.3 Å². The molecule has 0 unspecified atom stereocenters. The number of carbonyl (C=O) groups is 2. The van der Waals surface area contributed by atoms with E-state index in [2.05, 4.69) is 27.2 Å². The number of carbonyl (C=O) groups excluding carboxylic acids is 2. The first kappa shape index (κ1) is 19.9. The summed E-state index contributed by atoms with van der Waals surface area (Å²) in [6.07, 6.45) is 3.10. The Bertz CT molecular complexity index is 866. The molecule has 0 aliphatic rings. The Morgan fingerprint density at radius 2 is 2.08 bits per heavy atom. The Balaban J connectivity index is 2.17. The molecule has 2 aromatic heterocycles. The zero-order valence-electron chi connectivity index (χ0n) is 15.0. The fraction of sp³-hybridized carbons (Fsp3) is 0.471. The lowest BCUT2D eigenvalue weighted by Gasteiger charge is -2.07. The van der Waals surface area contributed by atoms with Gasteiger partial charge in [-0.25, -0.2) is 14.8 Å². The SMILES string of the molecule is CCCCCNC(=O)CSc1nc2nc(C)cc(C(=O)OC)c2c(=O)[nH]1. The predicted octanol–water partition coefficient (Wildman–Crippen LogP) is 1.81. The minimum atomic E-state index is -0.625. The van der Waals surface area contributed by atoms with Crippen LogP contribution in [0.3, 0.4) is 0 Å². The fourth-order valence-electron chi connectivity index (χ4n) is 2.37. The molecule has 2 rings (SSSR count). The van der Waals surface area contributed by atoms with Crippen LogP contribution in [0.5, 0.6) is 0 Å². The molecule has 2 heterocycles. The van der Waals surface area contributed by atoms with Crippen LogP contribution in [-0.2, 0) is 9.53 Å². The average Bonchev–Trinajstić information content (AvgIpc) is 2.61. The summed E-state index contributed by atoms with van der Waals surface area (Å²) < 4.78 is 4.71. The van der Waals surface area contributed by atoms with E-state index >= 15 is 0 Å². The van der Waals surface area contributed by atoms with Gasteiger partial charge in [-0.3, -0.25) is 9.59 Å². The van der Waals surface area contributed by atoms with Gasteiger partial charge < -0.3 is 15.0 Å². The number of nitrogens with one attached hydrogen (secondary N) is 2. The number of unbranched alkanes of at least 4 members (excludes halogenated alkanes) is 2. The van der Waals surface area contributed by atoms with Crippen molar-refractivity contribution in [1.29, 1.82) is 0 Å². The summed E-state index contributed by atoms with van der Waals surface area (Å²) in [5.74, 6) is -0.614. The Kier molecular flexibility index (Phi) is 7.14. The number of esters is 1. The van der Waals surface area contributed by atoms with Gasteiger partial charge in [-0.05, 0) is 19.4 Å². The van der Waals surface area contributed by atoms with Crippen LogP contribution in [0.25, 0.3) is 11.0 Å². The predicted molar refractivity (Wildman–Crippen MR) is 99.5 cm³/mol. The van der Waals surface area contributed by atoms with Crippen LogP contribution < -0.4 is 10.9 Å². The summed E-state index contributed by atoms with van der Waals surface area (Å²) >= 11 is 1.11. The second-order valence-corrected chi connectivity index (χ2v) is 6.68. The van der Waals surface area contributed by atoms with Crippen LogP contribution in [0, 0.1) is 6.92 Å². The summed E-state index contributed by atoms with van der Waals surface area (Å²) in [4.78, 5) is 47.2. The molecule has 0 atom stereocenters. The number of aryl methyl sites for hydroxylation is 1. The van der Waals surface area contributed by atoms with E-state index < -0.39 is 11.5 Å². The Labute approximate surface area is 155 Å². The number of thioether (sulfide) groups is 1. The fourth-order valence-corrected chi connectivity index (χ4v) is 3.06. The van der Waals surface area contributed by atoms with Gasteiger partial charge in [0.25, 0.3) is 5.56 Å². The Morgan fingerprint density at radius 1 is 1.31 bits per heavy atom. The van der Waals surface area contributed by atoms with E-state index in [0.717, 1.165) is 31.0 Å². The van der Waals surface area contributed by atoms with Crippen molar-refractivity contribution >= 4 is 34.7 Å². The normalized spacial score (nSPS) is 10.7. The van der Waals surface area contributed by atoms with Crippen molar-refractivity contribution in [2.45, 2.75) is 38.3 Å². The summed E-state index contributed by atoms with van der Waals surface area (Å²) in [5, 5.41) is 3.18. The minimum absolute atomic E-state index is 0.0795. The molecule has 140 valence electrons. The van der Waals surface area contributed by atoms with Crippen molar-refractivity contribution in [3.05, 3.63) is 27.7 Å². The zero-order valence-corrected chi connectivity index (χ0v) is 15.9. The molecule has 1 amide bonds. The van der Waals surface area contributed by atoms with E-state index in [1.165, 1.54) is 13.2 Å². The van der Waals surface area contributed by atoms with Gasteiger partial charge in [0, 0.05) is 12.2 Å². The van der Waals surface area contributed by atoms with E-state index in [-0.39, 0.29) is 33.4 Å². The molecule has 0 aliphatic carbocycles. The molecular weight excluding hydrogens is 356 g/mol. The highest BCUT2D eigenvalue weighted by Crippen LogP contribution is 2.18. The number of aromatic amines is 1. The number of ether oxygens (including phenoxy) is 1. The maximum Gasteiger partial charge on any atom is 0.338 e. The second-order valence-electron chi connectivity index (χ2n) is 5.72. The number of pyridine rings is 1. The highest BCUT2D eigenvalue weighted by atomic mass is 32.2. The maximum atomic E-state index is 12.4. The van der Waals surface area contributed by atoms with E-state index in [1.54, 1.807) is 6.92 Å². The number of nitrogens with zero attached hydrogens (tertiary/aromatic N) is 2. The molecule has 26 heavy (non-hydrogen) atoms. The first-order chi connectivity index (χ1) is 12.5. The standard InChI is InChI=1S/C17H22N4O4S/c1-4-5-6-7-18-12(22)9-26-17-20-14-13(15(23)21-17)11(16(24)25-3)8-10(2)19-14/h8H,4-7,9H2,1-3H3,(H,18,22)(H,19,20,21,23). The van der Waals surface area contributed by atoms with Crippen LogP contribution in [0.4, 0.5) is 0 Å². The van der Waals surface area contributed by atoms with E-state index in [9.17, 15) is 14.4 Å². The lowest BCUT2D eigenvalue weighted by atomic mass is 10.1. The van der Waals surface area contributed by atoms with Gasteiger partial charge in [-0.15, -0.1) is 0 Å². The summed E-state index contributed by atoms with van der Waals surface area (Å²) in [6.45, 7) is 4.43. The molecule has 2 N–H and O–H groups in total. The van der Waals surface area contributed by atoms with Gasteiger partial charge in [0.05, 0.1) is 23.8 Å². The topological polar surface area (TPSA) is 114 Å². The highest BCUT2D eigenvalue weighted by molar-refractivity contribution is 7.99. The third-order valence-corrected chi connectivity index (χ3v) is 4.50. The second kappa shape index (κ2) is 9.33. The van der Waals surface area contributed by atoms with Crippen LogP contribution in [-0.4, -0.2) is 46.2 Å². The molecule has 0 saturated carbocycles. The van der Waals surface area contributed by atoms with Crippen molar-refractivity contribution in [3.8, 4) is 0 Å². The first-order valence-electron chi connectivity index (χ1n) is 8.35. The van der Waals surface area contributed by atoms with Crippen LogP contribution in [0.2, 0.25) is 0 Å². The number of hydrogen-bond acceptors (Lipinski definition) is 7. The molecule has 0 aromatic carbocycles. The van der Waals surface area contributed by atoms with Gasteiger partial charge >= 0.3 is 5.97 Å². The molecule has 8 nitrogen and oxygen atoms in total. The lowest BCUT2D eigenvalue weighted by molar-refractivity contribution is -0.118. The largest absolute Gasteiger partial charge is 0.465 e. The van der Waals surface area contributed by atoms with Gasteiger partial charge in [0.2, 0.25) is 5.91 Å². The molecule has 2 aromatic rings. The maximum absolute atomic E-state index is 12.4. The number of methoxy groups -OCH3 is 1. The number of rotatable bonds is 8. The smallest absolute Gasteiger partial charge is 0.338 e. The van der Waals surface area contributed by atoms with Gasteiger partial charge in [0.15, 0.2) is 10.8 Å². The quantitative estimate of drug-likeness (QED) is 0.312. The number of H-pyrrole nitrogens is 1. The number of aromatic nitrogens is 3. The molecule has 0 radical (unpaired) electrons. The summed E-state index contributed by atoms with van der Waals surface area (Å²) in [5.41, 5.74) is 0.323. The van der Waals surface area contributed by atoms with Crippen molar-refractivity contribution in [1.82, 2.24) is 20.3 Å². The third-order valence-electron chi connectivity index (χ3n) is 3.63. The number of hydrogen-bond donors (Lipinski definition) is 2. The van der Waals surface area contributed by atoms with Crippen molar-refractivity contribution in [2.24, 2.45) is 0 Å². The first-order valence-corrected chi connectivity index (χ1v) is 9.34. The highest BCUT2D eigenvalue weighted by Gasteiger charge is 2.17. The van der Waals surface area contributed by atoms with Crippen LogP contribution >= 0.6 is 11.8 Å². The van der Waals surface area contributed by atoms with E-state index in [4.69, 9.17) is 4.74 Å². The third kappa shape index (κ3) is 5.04. The lowest BCUT2D eigenvalue weighted by Crippen LogP contribution is -2.26. The Hall–Kier alpha value is -2.42. The molecule has 0 saturated heterocycles. The molecule has 9 heteroatoms. The average molecular weight is 378 g/mol. The van der Waals surface area contributed by atoms with Crippen LogP contribution in [0.15, 0.2) is 16.0 Å².